The van der Waals surface area contributed by atoms with Gasteiger partial charge in [-0.1, -0.05) is 12.1 Å². The van der Waals surface area contributed by atoms with Gasteiger partial charge in [0.25, 0.3) is 0 Å². The zero-order valence-electron chi connectivity index (χ0n) is 17.3. The third-order valence-corrected chi connectivity index (χ3v) is 5.95. The quantitative estimate of drug-likeness (QED) is 0.423. The zero-order valence-corrected chi connectivity index (χ0v) is 18.8. The highest BCUT2D eigenvalue weighted by molar-refractivity contribution is 9.10. The number of methoxy groups -OCH3 is 1. The molecule has 0 bridgehead atoms. The lowest BCUT2D eigenvalue weighted by Gasteiger charge is -2.36. The number of hydrogen-bond acceptors (Lipinski definition) is 5. The Labute approximate surface area is 190 Å². The number of ether oxygens (including phenoxy) is 1. The Hall–Kier alpha value is -3.19. The van der Waals surface area contributed by atoms with Gasteiger partial charge >= 0.3 is 0 Å². The number of carbonyl (C=O) groups is 1. The summed E-state index contributed by atoms with van der Waals surface area (Å²) in [6.45, 7) is 2.83. The second-order valence-corrected chi connectivity index (χ2v) is 8.11. The number of para-hydroxylation sites is 2. The topological polar surface area (TPSA) is 71.9 Å². The van der Waals surface area contributed by atoms with Gasteiger partial charge in [-0.3, -0.25) is 4.79 Å². The molecule has 1 aliphatic rings. The van der Waals surface area contributed by atoms with Crippen molar-refractivity contribution in [3.63, 3.8) is 0 Å². The molecule has 1 aromatic heterocycles. The number of piperazine rings is 1. The minimum absolute atomic E-state index is 0.0220. The molecule has 1 saturated heterocycles. The van der Waals surface area contributed by atoms with E-state index in [1.54, 1.807) is 19.3 Å². The van der Waals surface area contributed by atoms with E-state index < -0.39 is 0 Å². The normalized spacial score (nSPS) is 14.3. The first-order valence-corrected chi connectivity index (χ1v) is 10.8. The van der Waals surface area contributed by atoms with Crippen LogP contribution in [-0.2, 0) is 4.79 Å². The molecule has 1 amide bonds. The van der Waals surface area contributed by atoms with Crippen molar-refractivity contribution >= 4 is 39.3 Å². The van der Waals surface area contributed by atoms with E-state index in [1.807, 2.05) is 59.5 Å². The van der Waals surface area contributed by atoms with E-state index in [4.69, 9.17) is 14.9 Å². The molecular formula is C24H24BrN3O3. The van der Waals surface area contributed by atoms with E-state index in [2.05, 4.69) is 20.8 Å². The highest BCUT2D eigenvalue weighted by atomic mass is 79.9. The summed E-state index contributed by atoms with van der Waals surface area (Å²) in [4.78, 5) is 16.7. The van der Waals surface area contributed by atoms with Gasteiger partial charge in [-0.2, -0.15) is 0 Å². The van der Waals surface area contributed by atoms with E-state index >= 15 is 0 Å². The van der Waals surface area contributed by atoms with Crippen LogP contribution in [0, 0.1) is 0 Å². The van der Waals surface area contributed by atoms with Gasteiger partial charge in [-0.25, -0.2) is 0 Å². The number of anilines is 2. The van der Waals surface area contributed by atoms with Crippen LogP contribution in [0.3, 0.4) is 0 Å². The number of amides is 1. The van der Waals surface area contributed by atoms with Crippen molar-refractivity contribution in [3.8, 4) is 17.1 Å². The van der Waals surface area contributed by atoms with E-state index in [-0.39, 0.29) is 5.91 Å². The van der Waals surface area contributed by atoms with Crippen molar-refractivity contribution in [2.45, 2.75) is 0 Å². The molecule has 160 valence electrons. The van der Waals surface area contributed by atoms with Crippen molar-refractivity contribution < 1.29 is 13.9 Å². The monoisotopic (exact) mass is 481 g/mol. The summed E-state index contributed by atoms with van der Waals surface area (Å²) in [7, 11) is 1.68. The Kier molecular flexibility index (Phi) is 6.32. The molecule has 6 nitrogen and oxygen atoms in total. The minimum atomic E-state index is -0.0220. The van der Waals surface area contributed by atoms with E-state index in [1.165, 1.54) is 0 Å². The molecule has 0 aliphatic carbocycles. The molecule has 0 atom stereocenters. The van der Waals surface area contributed by atoms with Gasteiger partial charge in [-0.15, -0.1) is 0 Å². The van der Waals surface area contributed by atoms with Crippen LogP contribution >= 0.6 is 15.9 Å². The molecule has 1 aliphatic heterocycles. The average Bonchev–Trinajstić information content (AvgIpc) is 3.26. The molecule has 0 unspecified atom stereocenters. The summed E-state index contributed by atoms with van der Waals surface area (Å²) in [6, 6.07) is 17.2. The van der Waals surface area contributed by atoms with Crippen LogP contribution in [0.4, 0.5) is 11.4 Å². The van der Waals surface area contributed by atoms with E-state index in [9.17, 15) is 4.79 Å². The van der Waals surface area contributed by atoms with Crippen LogP contribution in [0.1, 0.15) is 5.76 Å². The standard InChI is InChI=1S/C24H24BrN3O3/c1-30-23-5-3-2-4-21(23)27-12-14-28(15-13-27)24(29)11-8-18-7-10-22(31-18)19-9-6-17(26)16-20(19)25/h2-11,16H,12-15,26H2,1H3/b11-8+. The van der Waals surface area contributed by atoms with Crippen molar-refractivity contribution in [3.05, 3.63) is 70.9 Å². The Morgan fingerprint density at radius 3 is 2.61 bits per heavy atom. The third-order valence-electron chi connectivity index (χ3n) is 5.29. The molecule has 2 N–H and O–H groups in total. The van der Waals surface area contributed by atoms with Crippen LogP contribution in [0.15, 0.2) is 69.6 Å². The maximum atomic E-state index is 12.6. The van der Waals surface area contributed by atoms with Gasteiger partial charge in [0.15, 0.2) is 0 Å². The Balaban J connectivity index is 1.37. The third kappa shape index (κ3) is 4.77. The van der Waals surface area contributed by atoms with E-state index in [0.29, 0.717) is 30.3 Å². The van der Waals surface area contributed by atoms with Gasteiger partial charge in [0, 0.05) is 48.0 Å². The second-order valence-electron chi connectivity index (χ2n) is 7.26. The minimum Gasteiger partial charge on any atom is -0.495 e. The predicted octanol–water partition coefficient (Wildman–Crippen LogP) is 4.66. The molecule has 0 saturated carbocycles. The summed E-state index contributed by atoms with van der Waals surface area (Å²) in [5.74, 6) is 2.17. The first kappa shape index (κ1) is 21.1. The molecule has 0 radical (unpaired) electrons. The maximum absolute atomic E-state index is 12.6. The number of halogens is 1. The number of furan rings is 1. The van der Waals surface area contributed by atoms with Gasteiger partial charge < -0.3 is 24.7 Å². The lowest BCUT2D eigenvalue weighted by molar-refractivity contribution is -0.126. The van der Waals surface area contributed by atoms with Gasteiger partial charge in [0.05, 0.1) is 12.8 Å². The van der Waals surface area contributed by atoms with Crippen molar-refractivity contribution in [1.29, 1.82) is 0 Å². The Morgan fingerprint density at radius 1 is 1.10 bits per heavy atom. The van der Waals surface area contributed by atoms with Gasteiger partial charge in [-0.05, 0) is 64.5 Å². The summed E-state index contributed by atoms with van der Waals surface area (Å²) >= 11 is 3.51. The van der Waals surface area contributed by atoms with Crippen LogP contribution in [0.5, 0.6) is 5.75 Å². The number of benzene rings is 2. The molecule has 2 aromatic carbocycles. The second kappa shape index (κ2) is 9.31. The molecule has 1 fully saturated rings. The van der Waals surface area contributed by atoms with Crippen LogP contribution in [-0.4, -0.2) is 44.1 Å². The van der Waals surface area contributed by atoms with Crippen molar-refractivity contribution in [2.24, 2.45) is 0 Å². The van der Waals surface area contributed by atoms with Crippen LogP contribution < -0.4 is 15.4 Å². The van der Waals surface area contributed by atoms with Crippen molar-refractivity contribution in [1.82, 2.24) is 4.90 Å². The van der Waals surface area contributed by atoms with Gasteiger partial charge in [0.2, 0.25) is 5.91 Å². The van der Waals surface area contributed by atoms with Crippen LogP contribution in [0.25, 0.3) is 17.4 Å². The fourth-order valence-corrected chi connectivity index (χ4v) is 4.23. The number of nitrogens with zero attached hydrogens (tertiary/aromatic N) is 2. The molecule has 7 heteroatoms. The smallest absolute Gasteiger partial charge is 0.246 e. The Morgan fingerprint density at radius 2 is 1.87 bits per heavy atom. The lowest BCUT2D eigenvalue weighted by Crippen LogP contribution is -2.48. The number of carbonyl (C=O) groups excluding carboxylic acids is 1. The van der Waals surface area contributed by atoms with Crippen LogP contribution in [0.2, 0.25) is 0 Å². The summed E-state index contributed by atoms with van der Waals surface area (Å²) in [5.41, 5.74) is 8.44. The fraction of sp³-hybridized carbons (Fsp3) is 0.208. The number of nitrogen functional groups attached to an aromatic ring is 1. The van der Waals surface area contributed by atoms with Gasteiger partial charge in [0.1, 0.15) is 17.3 Å². The maximum Gasteiger partial charge on any atom is 0.246 e. The predicted molar refractivity (Wildman–Crippen MR) is 127 cm³/mol. The fourth-order valence-electron chi connectivity index (χ4n) is 3.64. The molecule has 2 heterocycles. The van der Waals surface area contributed by atoms with E-state index in [0.717, 1.165) is 34.6 Å². The highest BCUT2D eigenvalue weighted by Crippen LogP contribution is 2.31. The highest BCUT2D eigenvalue weighted by Gasteiger charge is 2.21. The first-order valence-electron chi connectivity index (χ1n) is 10.1. The molecule has 3 aromatic rings. The number of hydrogen-bond donors (Lipinski definition) is 1. The summed E-state index contributed by atoms with van der Waals surface area (Å²) in [6.07, 6.45) is 3.28. The molecule has 4 rings (SSSR count). The average molecular weight is 482 g/mol. The number of rotatable bonds is 5. The zero-order chi connectivity index (χ0) is 21.8. The first-order chi connectivity index (χ1) is 15.0. The molecular weight excluding hydrogens is 458 g/mol. The Bertz CT molecular complexity index is 1100. The largest absolute Gasteiger partial charge is 0.495 e. The van der Waals surface area contributed by atoms with Crippen molar-refractivity contribution in [2.75, 3.05) is 43.9 Å². The number of nitrogens with two attached hydrogens (primary N) is 1. The SMILES string of the molecule is COc1ccccc1N1CCN(C(=O)/C=C/c2ccc(-c3ccc(N)cc3Br)o2)CC1. The lowest BCUT2D eigenvalue weighted by atomic mass is 10.1. The summed E-state index contributed by atoms with van der Waals surface area (Å²) in [5, 5.41) is 0. The molecule has 0 spiro atoms. The molecule has 31 heavy (non-hydrogen) atoms. The summed E-state index contributed by atoms with van der Waals surface area (Å²) < 4.78 is 12.2.